The summed E-state index contributed by atoms with van der Waals surface area (Å²) >= 11 is 5.92. The van der Waals surface area contributed by atoms with Crippen molar-refractivity contribution in [3.63, 3.8) is 0 Å². The highest BCUT2D eigenvalue weighted by Gasteiger charge is 2.33. The largest absolute Gasteiger partial charge is 0.463 e. The number of rotatable bonds is 5. The van der Waals surface area contributed by atoms with Crippen molar-refractivity contribution < 1.29 is 14.3 Å². The Kier molecular flexibility index (Phi) is 5.68. The number of hydrogen-bond donors (Lipinski definition) is 1. The predicted molar refractivity (Wildman–Crippen MR) is 96.3 cm³/mol. The molecule has 1 saturated heterocycles. The maximum Gasteiger partial charge on any atom is 0.323 e. The van der Waals surface area contributed by atoms with Crippen LogP contribution < -0.4 is 5.32 Å². The zero-order valence-electron chi connectivity index (χ0n) is 13.7. The van der Waals surface area contributed by atoms with E-state index < -0.39 is 6.04 Å². The zero-order chi connectivity index (χ0) is 17.6. The third-order valence-electron chi connectivity index (χ3n) is 4.05. The van der Waals surface area contributed by atoms with E-state index in [4.69, 9.17) is 16.3 Å². The summed E-state index contributed by atoms with van der Waals surface area (Å²) in [5.74, 6) is -0.604. The molecule has 0 saturated carbocycles. The second-order valence-corrected chi connectivity index (χ2v) is 6.34. The second-order valence-electron chi connectivity index (χ2n) is 5.90. The topological polar surface area (TPSA) is 58.6 Å². The van der Waals surface area contributed by atoms with Crippen LogP contribution in [0.3, 0.4) is 0 Å². The Morgan fingerprint density at radius 2 is 2.00 bits per heavy atom. The summed E-state index contributed by atoms with van der Waals surface area (Å²) in [6.07, 6.45) is 0.0399. The number of nitrogens with zero attached hydrogens (tertiary/aromatic N) is 1. The Balaban J connectivity index is 1.66. The van der Waals surface area contributed by atoms with Gasteiger partial charge in [0.2, 0.25) is 5.91 Å². The van der Waals surface area contributed by atoms with E-state index in [2.05, 4.69) is 5.32 Å². The monoisotopic (exact) mass is 358 g/mol. The van der Waals surface area contributed by atoms with Gasteiger partial charge < -0.3 is 10.1 Å². The lowest BCUT2D eigenvalue weighted by atomic mass is 10.1. The second kappa shape index (κ2) is 8.14. The van der Waals surface area contributed by atoms with E-state index in [1.165, 1.54) is 0 Å². The number of benzene rings is 2. The predicted octanol–water partition coefficient (Wildman–Crippen LogP) is 3.10. The third kappa shape index (κ3) is 4.81. The molecular weight excluding hydrogens is 340 g/mol. The van der Waals surface area contributed by atoms with Crippen molar-refractivity contribution in [1.82, 2.24) is 4.90 Å². The van der Waals surface area contributed by atoms with Crippen LogP contribution in [0.4, 0.5) is 5.69 Å². The summed E-state index contributed by atoms with van der Waals surface area (Å²) < 4.78 is 5.15. The van der Waals surface area contributed by atoms with Crippen LogP contribution >= 0.6 is 11.6 Å². The minimum absolute atomic E-state index is 0.0399. The van der Waals surface area contributed by atoms with Gasteiger partial charge in [0.1, 0.15) is 12.6 Å². The van der Waals surface area contributed by atoms with Crippen LogP contribution in [0.5, 0.6) is 0 Å². The molecule has 25 heavy (non-hydrogen) atoms. The number of hydrogen-bond acceptors (Lipinski definition) is 4. The molecule has 3 rings (SSSR count). The molecule has 130 valence electrons. The quantitative estimate of drug-likeness (QED) is 0.834. The van der Waals surface area contributed by atoms with Gasteiger partial charge >= 0.3 is 5.97 Å². The average Bonchev–Trinajstić information content (AvgIpc) is 2.59. The van der Waals surface area contributed by atoms with E-state index in [-0.39, 0.29) is 18.3 Å². The molecular formula is C19H19ClN2O3. The summed E-state index contributed by atoms with van der Waals surface area (Å²) in [5, 5.41) is 3.32. The third-order valence-corrected chi connectivity index (χ3v) is 4.29. The van der Waals surface area contributed by atoms with Crippen LogP contribution in [0.2, 0.25) is 5.02 Å². The van der Waals surface area contributed by atoms with Gasteiger partial charge in [0.15, 0.2) is 0 Å². The van der Waals surface area contributed by atoms with Crippen LogP contribution in [0.1, 0.15) is 12.0 Å². The molecule has 0 aromatic heterocycles. The van der Waals surface area contributed by atoms with E-state index in [1.54, 1.807) is 24.3 Å². The van der Waals surface area contributed by atoms with Gasteiger partial charge in [0.25, 0.3) is 0 Å². The van der Waals surface area contributed by atoms with Crippen LogP contribution in [0.15, 0.2) is 54.6 Å². The van der Waals surface area contributed by atoms with Gasteiger partial charge in [-0.2, -0.15) is 0 Å². The molecule has 1 heterocycles. The van der Waals surface area contributed by atoms with E-state index in [0.717, 1.165) is 5.56 Å². The number of carbonyl (C=O) groups excluding carboxylic acids is 2. The minimum atomic E-state index is -0.590. The molecule has 6 heteroatoms. The number of halogens is 1. The van der Waals surface area contributed by atoms with Gasteiger partial charge in [-0.3, -0.25) is 14.5 Å². The Labute approximate surface area is 151 Å². The molecule has 0 unspecified atom stereocenters. The molecule has 2 aromatic carbocycles. The molecule has 5 nitrogen and oxygen atoms in total. The highest BCUT2D eigenvalue weighted by atomic mass is 35.5. The molecule has 1 N–H and O–H groups in total. The summed E-state index contributed by atoms with van der Waals surface area (Å²) in [4.78, 5) is 26.5. The molecule has 0 bridgehead atoms. The SMILES string of the molecule is O=C(C[C@H]1C(=O)OCCN1Cc1ccccc1)Nc1cccc(Cl)c1. The fraction of sp³-hybridized carbons (Fsp3) is 0.263. The number of esters is 1. The van der Waals surface area contributed by atoms with E-state index in [1.807, 2.05) is 35.2 Å². The number of cyclic esters (lactones) is 1. The number of anilines is 1. The van der Waals surface area contributed by atoms with Gasteiger partial charge in [-0.05, 0) is 23.8 Å². The maximum absolute atomic E-state index is 12.3. The summed E-state index contributed by atoms with van der Waals surface area (Å²) in [6.45, 7) is 1.55. The van der Waals surface area contributed by atoms with Crippen LogP contribution in [-0.4, -0.2) is 36.0 Å². The molecule has 2 aromatic rings. The van der Waals surface area contributed by atoms with E-state index in [9.17, 15) is 9.59 Å². The van der Waals surface area contributed by atoms with Gasteiger partial charge in [-0.1, -0.05) is 48.0 Å². The Morgan fingerprint density at radius 3 is 2.76 bits per heavy atom. The first kappa shape index (κ1) is 17.5. The zero-order valence-corrected chi connectivity index (χ0v) is 14.4. The number of nitrogens with one attached hydrogen (secondary N) is 1. The van der Waals surface area contributed by atoms with Crippen molar-refractivity contribution in [2.45, 2.75) is 19.0 Å². The highest BCUT2D eigenvalue weighted by Crippen LogP contribution is 2.19. The van der Waals surface area contributed by atoms with Crippen molar-refractivity contribution in [2.75, 3.05) is 18.5 Å². The Morgan fingerprint density at radius 1 is 1.20 bits per heavy atom. The minimum Gasteiger partial charge on any atom is -0.463 e. The molecule has 0 aliphatic carbocycles. The van der Waals surface area contributed by atoms with Crippen molar-refractivity contribution in [3.8, 4) is 0 Å². The van der Waals surface area contributed by atoms with Crippen LogP contribution in [-0.2, 0) is 20.9 Å². The van der Waals surface area contributed by atoms with Crippen molar-refractivity contribution in [1.29, 1.82) is 0 Å². The molecule has 1 amide bonds. The Bertz CT molecular complexity index is 751. The highest BCUT2D eigenvalue weighted by molar-refractivity contribution is 6.30. The first-order chi connectivity index (χ1) is 12.1. The fourth-order valence-corrected chi connectivity index (χ4v) is 3.03. The standard InChI is InChI=1S/C19H19ClN2O3/c20-15-7-4-8-16(11-15)21-18(23)12-17-19(24)25-10-9-22(17)13-14-5-2-1-3-6-14/h1-8,11,17H,9-10,12-13H2,(H,21,23)/t17-/m0/s1. The molecule has 0 spiro atoms. The van der Waals surface area contributed by atoms with Crippen molar-refractivity contribution >= 4 is 29.2 Å². The normalized spacial score (nSPS) is 17.8. The molecule has 1 aliphatic rings. The lowest BCUT2D eigenvalue weighted by Crippen LogP contribution is -2.49. The molecule has 1 fully saturated rings. The van der Waals surface area contributed by atoms with E-state index in [0.29, 0.717) is 30.4 Å². The first-order valence-corrected chi connectivity index (χ1v) is 8.49. The van der Waals surface area contributed by atoms with Gasteiger partial charge in [0, 0.05) is 23.8 Å². The van der Waals surface area contributed by atoms with Crippen LogP contribution in [0.25, 0.3) is 0 Å². The smallest absolute Gasteiger partial charge is 0.323 e. The van der Waals surface area contributed by atoms with Gasteiger partial charge in [0.05, 0.1) is 6.42 Å². The number of amides is 1. The van der Waals surface area contributed by atoms with Crippen molar-refractivity contribution in [2.24, 2.45) is 0 Å². The maximum atomic E-state index is 12.3. The van der Waals surface area contributed by atoms with Crippen molar-refractivity contribution in [3.05, 3.63) is 65.2 Å². The lowest BCUT2D eigenvalue weighted by molar-refractivity contribution is -0.159. The number of morpholine rings is 1. The molecule has 1 aliphatic heterocycles. The van der Waals surface area contributed by atoms with Gasteiger partial charge in [-0.25, -0.2) is 0 Å². The fourth-order valence-electron chi connectivity index (χ4n) is 2.84. The van der Waals surface area contributed by atoms with E-state index >= 15 is 0 Å². The van der Waals surface area contributed by atoms with Crippen LogP contribution in [0, 0.1) is 0 Å². The number of ether oxygens (including phenoxy) is 1. The summed E-state index contributed by atoms with van der Waals surface area (Å²) in [7, 11) is 0. The average molecular weight is 359 g/mol. The molecule has 1 atom stereocenters. The molecule has 0 radical (unpaired) electrons. The summed E-state index contributed by atoms with van der Waals surface area (Å²) in [6, 6.07) is 16.2. The lowest BCUT2D eigenvalue weighted by Gasteiger charge is -2.33. The van der Waals surface area contributed by atoms with Gasteiger partial charge in [-0.15, -0.1) is 0 Å². The number of carbonyl (C=O) groups is 2. The first-order valence-electron chi connectivity index (χ1n) is 8.12. The Hall–Kier alpha value is -2.37. The summed E-state index contributed by atoms with van der Waals surface area (Å²) in [5.41, 5.74) is 1.70.